The van der Waals surface area contributed by atoms with Crippen molar-refractivity contribution in [3.8, 4) is 0 Å². The standard InChI is InChI=1S/C16H27N3O/c1-16(2,11-20)19-10-13-6-5-12(9-18(3)4)7-14(13)15(19)8-17/h5-7,15,20H,8-11,17H2,1-4H3. The van der Waals surface area contributed by atoms with Gasteiger partial charge < -0.3 is 15.7 Å². The van der Waals surface area contributed by atoms with Crippen LogP contribution in [-0.4, -0.2) is 47.7 Å². The van der Waals surface area contributed by atoms with Crippen LogP contribution in [0.5, 0.6) is 0 Å². The SMILES string of the molecule is CN(C)Cc1ccc2c(c1)C(CN)N(C(C)(C)CO)C2. The van der Waals surface area contributed by atoms with Crippen LogP contribution >= 0.6 is 0 Å². The molecule has 2 rings (SSSR count). The molecular weight excluding hydrogens is 250 g/mol. The molecule has 0 spiro atoms. The Hall–Kier alpha value is -0.940. The second-order valence-corrected chi connectivity index (χ2v) is 6.62. The highest BCUT2D eigenvalue weighted by Gasteiger charge is 2.38. The van der Waals surface area contributed by atoms with Gasteiger partial charge in [-0.1, -0.05) is 18.2 Å². The summed E-state index contributed by atoms with van der Waals surface area (Å²) in [5, 5.41) is 9.63. The fraction of sp³-hybridized carbons (Fsp3) is 0.625. The van der Waals surface area contributed by atoms with Crippen LogP contribution in [0, 0.1) is 0 Å². The third-order valence-electron chi connectivity index (χ3n) is 4.17. The van der Waals surface area contributed by atoms with E-state index in [9.17, 15) is 5.11 Å². The van der Waals surface area contributed by atoms with Crippen LogP contribution in [0.1, 0.15) is 36.6 Å². The molecule has 1 atom stereocenters. The van der Waals surface area contributed by atoms with Crippen LogP contribution in [0.25, 0.3) is 0 Å². The molecule has 112 valence electrons. The van der Waals surface area contributed by atoms with Gasteiger partial charge in [-0.2, -0.15) is 0 Å². The molecule has 0 saturated carbocycles. The maximum absolute atomic E-state index is 9.63. The molecule has 1 unspecified atom stereocenters. The average Bonchev–Trinajstić information content (AvgIpc) is 2.76. The predicted molar refractivity (Wildman–Crippen MR) is 82.3 cm³/mol. The molecule has 0 saturated heterocycles. The largest absolute Gasteiger partial charge is 0.394 e. The summed E-state index contributed by atoms with van der Waals surface area (Å²) in [4.78, 5) is 4.49. The van der Waals surface area contributed by atoms with Gasteiger partial charge in [0.2, 0.25) is 0 Å². The van der Waals surface area contributed by atoms with Gasteiger partial charge >= 0.3 is 0 Å². The lowest BCUT2D eigenvalue weighted by Crippen LogP contribution is -2.47. The average molecular weight is 277 g/mol. The highest BCUT2D eigenvalue weighted by atomic mass is 16.3. The Kier molecular flexibility index (Phi) is 4.49. The van der Waals surface area contributed by atoms with Gasteiger partial charge in [-0.25, -0.2) is 0 Å². The predicted octanol–water partition coefficient (Wildman–Crippen LogP) is 1.33. The van der Waals surface area contributed by atoms with Crippen molar-refractivity contribution in [1.82, 2.24) is 9.80 Å². The minimum atomic E-state index is -0.245. The maximum atomic E-state index is 9.63. The van der Waals surface area contributed by atoms with E-state index in [4.69, 9.17) is 5.73 Å². The smallest absolute Gasteiger partial charge is 0.0610 e. The number of hydrogen-bond donors (Lipinski definition) is 2. The number of aliphatic hydroxyl groups excluding tert-OH is 1. The zero-order valence-corrected chi connectivity index (χ0v) is 13.1. The van der Waals surface area contributed by atoms with Crippen molar-refractivity contribution in [1.29, 1.82) is 0 Å². The zero-order chi connectivity index (χ0) is 14.9. The molecule has 1 aliphatic heterocycles. The lowest BCUT2D eigenvalue weighted by atomic mass is 9.99. The first-order valence-corrected chi connectivity index (χ1v) is 7.23. The van der Waals surface area contributed by atoms with Crippen LogP contribution in [0.3, 0.4) is 0 Å². The summed E-state index contributed by atoms with van der Waals surface area (Å²) in [5.41, 5.74) is 9.74. The first-order chi connectivity index (χ1) is 9.39. The molecule has 0 aliphatic carbocycles. The molecule has 0 bridgehead atoms. The van der Waals surface area contributed by atoms with Crippen molar-refractivity contribution in [2.24, 2.45) is 5.73 Å². The first-order valence-electron chi connectivity index (χ1n) is 7.23. The number of aliphatic hydroxyl groups is 1. The number of hydrogen-bond acceptors (Lipinski definition) is 4. The van der Waals surface area contributed by atoms with Crippen LogP contribution in [0.2, 0.25) is 0 Å². The van der Waals surface area contributed by atoms with E-state index in [1.54, 1.807) is 0 Å². The van der Waals surface area contributed by atoms with Gasteiger partial charge in [-0.05, 0) is 44.6 Å². The summed E-state index contributed by atoms with van der Waals surface area (Å²) in [6.45, 7) is 6.68. The molecule has 1 aliphatic rings. The summed E-state index contributed by atoms with van der Waals surface area (Å²) in [7, 11) is 4.16. The molecule has 20 heavy (non-hydrogen) atoms. The Morgan fingerprint density at radius 3 is 2.65 bits per heavy atom. The number of benzene rings is 1. The van der Waals surface area contributed by atoms with E-state index in [1.807, 2.05) is 0 Å². The van der Waals surface area contributed by atoms with Crippen molar-refractivity contribution >= 4 is 0 Å². The van der Waals surface area contributed by atoms with E-state index in [0.29, 0.717) is 6.54 Å². The minimum Gasteiger partial charge on any atom is -0.394 e. The summed E-state index contributed by atoms with van der Waals surface area (Å²) in [6.07, 6.45) is 0. The Bertz CT molecular complexity index is 471. The first kappa shape index (κ1) is 15.4. The van der Waals surface area contributed by atoms with E-state index in [-0.39, 0.29) is 18.2 Å². The van der Waals surface area contributed by atoms with Crippen molar-refractivity contribution in [2.45, 2.75) is 38.5 Å². The highest BCUT2D eigenvalue weighted by Crippen LogP contribution is 2.38. The molecule has 4 nitrogen and oxygen atoms in total. The molecular formula is C16H27N3O. The van der Waals surface area contributed by atoms with E-state index in [2.05, 4.69) is 55.9 Å². The Morgan fingerprint density at radius 1 is 1.40 bits per heavy atom. The molecule has 1 aromatic carbocycles. The fourth-order valence-electron chi connectivity index (χ4n) is 3.00. The third kappa shape index (κ3) is 2.88. The van der Waals surface area contributed by atoms with Crippen LogP contribution in [0.4, 0.5) is 0 Å². The molecule has 0 amide bonds. The van der Waals surface area contributed by atoms with Crippen LogP contribution < -0.4 is 5.73 Å². The molecule has 0 radical (unpaired) electrons. The maximum Gasteiger partial charge on any atom is 0.0610 e. The molecule has 1 heterocycles. The molecule has 4 heteroatoms. The van der Waals surface area contributed by atoms with Gasteiger partial charge in [0, 0.05) is 31.2 Å². The monoisotopic (exact) mass is 277 g/mol. The quantitative estimate of drug-likeness (QED) is 0.853. The zero-order valence-electron chi connectivity index (χ0n) is 13.1. The molecule has 1 aromatic rings. The Labute approximate surface area is 122 Å². The molecule has 3 N–H and O–H groups in total. The van der Waals surface area contributed by atoms with E-state index >= 15 is 0 Å². The fourth-order valence-corrected chi connectivity index (χ4v) is 3.00. The summed E-state index contributed by atoms with van der Waals surface area (Å²) in [6, 6.07) is 6.89. The Morgan fingerprint density at radius 2 is 2.10 bits per heavy atom. The van der Waals surface area contributed by atoms with Crippen molar-refractivity contribution in [3.05, 3.63) is 34.9 Å². The molecule has 0 fully saturated rings. The lowest BCUT2D eigenvalue weighted by Gasteiger charge is -2.38. The second kappa shape index (κ2) is 5.82. The second-order valence-electron chi connectivity index (χ2n) is 6.62. The third-order valence-corrected chi connectivity index (χ3v) is 4.17. The normalized spacial score (nSPS) is 19.6. The van der Waals surface area contributed by atoms with Crippen molar-refractivity contribution < 1.29 is 5.11 Å². The van der Waals surface area contributed by atoms with Gasteiger partial charge in [-0.3, -0.25) is 4.90 Å². The van der Waals surface area contributed by atoms with E-state index in [0.717, 1.165) is 13.1 Å². The van der Waals surface area contributed by atoms with E-state index < -0.39 is 0 Å². The number of nitrogens with zero attached hydrogens (tertiary/aromatic N) is 2. The van der Waals surface area contributed by atoms with Gasteiger partial charge in [0.1, 0.15) is 0 Å². The van der Waals surface area contributed by atoms with Crippen molar-refractivity contribution in [3.63, 3.8) is 0 Å². The highest BCUT2D eigenvalue weighted by molar-refractivity contribution is 5.38. The Balaban J connectivity index is 2.32. The topological polar surface area (TPSA) is 52.7 Å². The van der Waals surface area contributed by atoms with Gasteiger partial charge in [-0.15, -0.1) is 0 Å². The summed E-state index contributed by atoms with van der Waals surface area (Å²) < 4.78 is 0. The van der Waals surface area contributed by atoms with Gasteiger partial charge in [0.15, 0.2) is 0 Å². The van der Waals surface area contributed by atoms with E-state index in [1.165, 1.54) is 16.7 Å². The number of nitrogens with two attached hydrogens (primary N) is 1. The lowest BCUT2D eigenvalue weighted by molar-refractivity contribution is 0.0292. The van der Waals surface area contributed by atoms with Gasteiger partial charge in [0.25, 0.3) is 0 Å². The van der Waals surface area contributed by atoms with Gasteiger partial charge in [0.05, 0.1) is 6.61 Å². The molecule has 0 aromatic heterocycles. The number of fused-ring (bicyclic) bond motifs is 1. The summed E-state index contributed by atoms with van der Waals surface area (Å²) >= 11 is 0. The van der Waals surface area contributed by atoms with Crippen molar-refractivity contribution in [2.75, 3.05) is 27.2 Å². The summed E-state index contributed by atoms with van der Waals surface area (Å²) in [5.74, 6) is 0. The van der Waals surface area contributed by atoms with Crippen LogP contribution in [-0.2, 0) is 13.1 Å². The number of rotatable bonds is 5. The van der Waals surface area contributed by atoms with Crippen LogP contribution in [0.15, 0.2) is 18.2 Å². The minimum absolute atomic E-state index is 0.141.